The number of anilines is 1. The van der Waals surface area contributed by atoms with Gasteiger partial charge in [-0.3, -0.25) is 0 Å². The van der Waals surface area contributed by atoms with Crippen molar-refractivity contribution in [3.05, 3.63) is 36.4 Å². The number of hydrogen-bond acceptors (Lipinski definition) is 5. The van der Waals surface area contributed by atoms with Crippen LogP contribution in [0.5, 0.6) is 5.75 Å². The molecule has 0 saturated carbocycles. The van der Waals surface area contributed by atoms with Crippen molar-refractivity contribution in [2.24, 2.45) is 0 Å². The van der Waals surface area contributed by atoms with Gasteiger partial charge in [0.1, 0.15) is 5.75 Å². The lowest BCUT2D eigenvalue weighted by atomic mass is 10.1. The van der Waals surface area contributed by atoms with E-state index < -0.39 is 0 Å². The van der Waals surface area contributed by atoms with E-state index in [0.717, 1.165) is 10.8 Å². The van der Waals surface area contributed by atoms with Crippen LogP contribution in [0.2, 0.25) is 0 Å². The first-order chi connectivity index (χ1) is 9.16. The third-order valence-corrected chi connectivity index (χ3v) is 2.95. The Morgan fingerprint density at radius 2 is 1.89 bits per heavy atom. The quantitative estimate of drug-likeness (QED) is 0.762. The van der Waals surface area contributed by atoms with Crippen molar-refractivity contribution >= 4 is 16.7 Å². The number of rotatable bonds is 2. The van der Waals surface area contributed by atoms with Crippen LogP contribution in [-0.4, -0.2) is 29.3 Å². The molecular formula is C14H13N3O2. The van der Waals surface area contributed by atoms with Gasteiger partial charge in [-0.2, -0.15) is 4.98 Å². The van der Waals surface area contributed by atoms with Crippen LogP contribution in [-0.2, 0) is 0 Å². The molecule has 5 heteroatoms. The molecule has 0 unspecified atom stereocenters. The van der Waals surface area contributed by atoms with Crippen molar-refractivity contribution in [1.29, 1.82) is 0 Å². The van der Waals surface area contributed by atoms with Gasteiger partial charge >= 0.3 is 0 Å². The van der Waals surface area contributed by atoms with Gasteiger partial charge in [0.2, 0.25) is 0 Å². The standard InChI is InChI=1S/C14H13N3O2/c1-17(2)14-15-13(19-16-14)11-8-7-9-5-3-4-6-10(9)12(11)18/h3-8,18H,1-2H3. The molecule has 0 amide bonds. The van der Waals surface area contributed by atoms with Gasteiger partial charge in [0.15, 0.2) is 0 Å². The van der Waals surface area contributed by atoms with Crippen LogP contribution >= 0.6 is 0 Å². The van der Waals surface area contributed by atoms with Crippen molar-refractivity contribution in [3.8, 4) is 17.2 Å². The Morgan fingerprint density at radius 1 is 1.11 bits per heavy atom. The van der Waals surface area contributed by atoms with Gasteiger partial charge in [-0.15, -0.1) is 0 Å². The number of benzene rings is 2. The van der Waals surface area contributed by atoms with Crippen LogP contribution in [0, 0.1) is 0 Å². The fourth-order valence-corrected chi connectivity index (χ4v) is 1.93. The molecular weight excluding hydrogens is 242 g/mol. The second kappa shape index (κ2) is 4.28. The zero-order valence-electron chi connectivity index (χ0n) is 10.7. The third kappa shape index (κ3) is 1.89. The van der Waals surface area contributed by atoms with E-state index in [9.17, 15) is 5.11 Å². The Kier molecular flexibility index (Phi) is 2.59. The molecule has 0 spiro atoms. The highest BCUT2D eigenvalue weighted by Crippen LogP contribution is 2.35. The summed E-state index contributed by atoms with van der Waals surface area (Å²) >= 11 is 0. The van der Waals surface area contributed by atoms with Crippen LogP contribution < -0.4 is 4.90 Å². The maximum Gasteiger partial charge on any atom is 0.265 e. The van der Waals surface area contributed by atoms with Gasteiger partial charge in [-0.25, -0.2) is 0 Å². The number of hydrogen-bond donors (Lipinski definition) is 1. The lowest BCUT2D eigenvalue weighted by molar-refractivity contribution is 0.425. The van der Waals surface area contributed by atoms with E-state index in [-0.39, 0.29) is 5.75 Å². The van der Waals surface area contributed by atoms with Crippen molar-refractivity contribution in [2.45, 2.75) is 0 Å². The predicted molar refractivity (Wildman–Crippen MR) is 73.2 cm³/mol. The lowest BCUT2D eigenvalue weighted by Crippen LogP contribution is -2.10. The number of nitrogens with zero attached hydrogens (tertiary/aromatic N) is 3. The summed E-state index contributed by atoms with van der Waals surface area (Å²) in [6.45, 7) is 0. The van der Waals surface area contributed by atoms with Crippen LogP contribution in [0.15, 0.2) is 40.9 Å². The van der Waals surface area contributed by atoms with Crippen LogP contribution in [0.1, 0.15) is 0 Å². The van der Waals surface area contributed by atoms with E-state index >= 15 is 0 Å². The highest BCUT2D eigenvalue weighted by molar-refractivity contribution is 5.93. The molecule has 1 heterocycles. The second-order valence-corrected chi connectivity index (χ2v) is 4.48. The minimum absolute atomic E-state index is 0.159. The molecule has 0 fully saturated rings. The molecule has 0 aliphatic rings. The second-order valence-electron chi connectivity index (χ2n) is 4.48. The predicted octanol–water partition coefficient (Wildman–Crippen LogP) is 2.66. The third-order valence-electron chi connectivity index (χ3n) is 2.95. The number of fused-ring (bicyclic) bond motifs is 1. The first-order valence-corrected chi connectivity index (χ1v) is 5.89. The average molecular weight is 255 g/mol. The number of aromatic nitrogens is 2. The van der Waals surface area contributed by atoms with E-state index in [1.165, 1.54) is 0 Å². The fraction of sp³-hybridized carbons (Fsp3) is 0.143. The first kappa shape index (κ1) is 11.5. The summed E-state index contributed by atoms with van der Waals surface area (Å²) in [6, 6.07) is 11.3. The molecule has 19 heavy (non-hydrogen) atoms. The SMILES string of the molecule is CN(C)c1noc(-c2ccc3ccccc3c2O)n1. The summed E-state index contributed by atoms with van der Waals surface area (Å²) in [5.41, 5.74) is 0.541. The Balaban J connectivity index is 2.16. The van der Waals surface area contributed by atoms with Gasteiger partial charge in [0.05, 0.1) is 5.56 Å². The average Bonchev–Trinajstić information content (AvgIpc) is 2.89. The van der Waals surface area contributed by atoms with E-state index in [2.05, 4.69) is 10.1 Å². The molecule has 1 N–H and O–H groups in total. The topological polar surface area (TPSA) is 62.4 Å². The summed E-state index contributed by atoms with van der Waals surface area (Å²) < 4.78 is 5.18. The van der Waals surface area contributed by atoms with Gasteiger partial charge < -0.3 is 14.5 Å². The van der Waals surface area contributed by atoms with Crippen LogP contribution in [0.4, 0.5) is 5.95 Å². The first-order valence-electron chi connectivity index (χ1n) is 5.89. The zero-order chi connectivity index (χ0) is 13.4. The highest BCUT2D eigenvalue weighted by Gasteiger charge is 2.15. The molecule has 1 aromatic heterocycles. The normalized spacial score (nSPS) is 10.8. The largest absolute Gasteiger partial charge is 0.506 e. The zero-order valence-corrected chi connectivity index (χ0v) is 10.7. The number of aromatic hydroxyl groups is 1. The molecule has 5 nitrogen and oxygen atoms in total. The molecule has 0 aliphatic heterocycles. The Morgan fingerprint density at radius 3 is 2.63 bits per heavy atom. The Hall–Kier alpha value is -2.56. The van der Waals surface area contributed by atoms with E-state index in [0.29, 0.717) is 17.4 Å². The minimum Gasteiger partial charge on any atom is -0.506 e. The molecule has 3 rings (SSSR count). The van der Waals surface area contributed by atoms with Crippen molar-refractivity contribution in [1.82, 2.24) is 10.1 Å². The molecule has 0 aliphatic carbocycles. The van der Waals surface area contributed by atoms with E-state index in [1.54, 1.807) is 11.0 Å². The van der Waals surface area contributed by atoms with Crippen molar-refractivity contribution in [2.75, 3.05) is 19.0 Å². The van der Waals surface area contributed by atoms with Crippen molar-refractivity contribution in [3.63, 3.8) is 0 Å². The van der Waals surface area contributed by atoms with Crippen LogP contribution in [0.25, 0.3) is 22.2 Å². The summed E-state index contributed by atoms with van der Waals surface area (Å²) in [4.78, 5) is 5.98. The lowest BCUT2D eigenvalue weighted by Gasteiger charge is -2.04. The molecule has 0 saturated heterocycles. The maximum absolute atomic E-state index is 10.3. The summed E-state index contributed by atoms with van der Waals surface area (Å²) in [6.07, 6.45) is 0. The Labute approximate surface area is 110 Å². The highest BCUT2D eigenvalue weighted by atomic mass is 16.5. The molecule has 0 atom stereocenters. The monoisotopic (exact) mass is 255 g/mol. The smallest absolute Gasteiger partial charge is 0.265 e. The molecule has 0 bridgehead atoms. The minimum atomic E-state index is 0.159. The fourth-order valence-electron chi connectivity index (χ4n) is 1.93. The van der Waals surface area contributed by atoms with Gasteiger partial charge in [-0.1, -0.05) is 30.3 Å². The van der Waals surface area contributed by atoms with Gasteiger partial charge in [0.25, 0.3) is 11.8 Å². The summed E-state index contributed by atoms with van der Waals surface area (Å²) in [5, 5.41) is 15.9. The van der Waals surface area contributed by atoms with Crippen molar-refractivity contribution < 1.29 is 9.63 Å². The van der Waals surface area contributed by atoms with Gasteiger partial charge in [-0.05, 0) is 16.6 Å². The number of phenolic OH excluding ortho intramolecular Hbond substituents is 1. The number of phenols is 1. The summed E-state index contributed by atoms with van der Waals surface area (Å²) in [5.74, 6) is 0.946. The van der Waals surface area contributed by atoms with Crippen LogP contribution in [0.3, 0.4) is 0 Å². The molecule has 2 aromatic carbocycles. The van der Waals surface area contributed by atoms with Gasteiger partial charge in [0, 0.05) is 19.5 Å². The maximum atomic E-state index is 10.3. The summed E-state index contributed by atoms with van der Waals surface area (Å²) in [7, 11) is 3.66. The molecule has 96 valence electrons. The van der Waals surface area contributed by atoms with E-state index in [4.69, 9.17) is 4.52 Å². The molecule has 3 aromatic rings. The Bertz CT molecular complexity index is 734. The molecule has 0 radical (unpaired) electrons. The van der Waals surface area contributed by atoms with E-state index in [1.807, 2.05) is 44.4 Å².